The number of benzene rings is 3. The molecule has 0 aliphatic carbocycles. The molecule has 0 saturated carbocycles. The lowest BCUT2D eigenvalue weighted by Gasteiger charge is -2.21. The Balaban J connectivity index is 1.33. The maximum atomic E-state index is 12.9. The molecule has 1 N–H and O–H groups in total. The predicted octanol–water partition coefficient (Wildman–Crippen LogP) is 4.03. The Labute approximate surface area is 204 Å². The molecule has 0 bridgehead atoms. The summed E-state index contributed by atoms with van der Waals surface area (Å²) in [7, 11) is 0. The third-order valence-electron chi connectivity index (χ3n) is 5.88. The normalized spacial score (nSPS) is 13.0. The molecule has 0 saturated heterocycles. The lowest BCUT2D eigenvalue weighted by Crippen LogP contribution is -2.40. The van der Waals surface area contributed by atoms with E-state index in [1.807, 2.05) is 77.6 Å². The van der Waals surface area contributed by atoms with Crippen molar-refractivity contribution in [3.63, 3.8) is 0 Å². The molecule has 0 spiro atoms. The molecule has 2 amide bonds. The number of nitrogens with zero attached hydrogens (tertiary/aromatic N) is 3. The minimum atomic E-state index is -0.245. The zero-order chi connectivity index (χ0) is 24.0. The third kappa shape index (κ3) is 5.24. The van der Waals surface area contributed by atoms with Gasteiger partial charge in [-0.1, -0.05) is 72.8 Å². The van der Waals surface area contributed by atoms with Gasteiger partial charge in [0.1, 0.15) is 12.3 Å². The van der Waals surface area contributed by atoms with Gasteiger partial charge in [-0.05, 0) is 17.7 Å². The average Bonchev–Trinajstić information content (AvgIpc) is 3.22. The Kier molecular flexibility index (Phi) is 6.57. The first-order valence-corrected chi connectivity index (χ1v) is 11.6. The van der Waals surface area contributed by atoms with E-state index in [4.69, 9.17) is 9.84 Å². The number of carbonyl (C=O) groups excluding carboxylic acids is 2. The van der Waals surface area contributed by atoms with Crippen molar-refractivity contribution >= 4 is 17.5 Å². The maximum absolute atomic E-state index is 12.9. The van der Waals surface area contributed by atoms with Crippen molar-refractivity contribution in [3.8, 4) is 17.0 Å². The van der Waals surface area contributed by atoms with Crippen LogP contribution in [0.3, 0.4) is 0 Å². The van der Waals surface area contributed by atoms with Crippen molar-refractivity contribution in [3.05, 3.63) is 102 Å². The minimum Gasteiger partial charge on any atom is -0.491 e. The number of anilines is 1. The number of ether oxygens (including phenoxy) is 1. The number of hydrogen-bond acceptors (Lipinski definition) is 4. The Hall–Kier alpha value is -4.39. The molecule has 176 valence electrons. The van der Waals surface area contributed by atoms with Gasteiger partial charge in [0.05, 0.1) is 31.0 Å². The lowest BCUT2D eigenvalue weighted by atomic mass is 10.1. The summed E-state index contributed by atoms with van der Waals surface area (Å²) in [5.41, 5.74) is 4.48. The number of para-hydroxylation sites is 2. The van der Waals surface area contributed by atoms with Crippen LogP contribution in [-0.2, 0) is 22.7 Å². The molecule has 1 aliphatic rings. The molecule has 5 rings (SSSR count). The van der Waals surface area contributed by atoms with Crippen LogP contribution in [0.1, 0.15) is 17.5 Å². The summed E-state index contributed by atoms with van der Waals surface area (Å²) in [5, 5.41) is 7.79. The number of rotatable bonds is 7. The Bertz CT molecular complexity index is 1320. The Morgan fingerprint density at radius 2 is 1.66 bits per heavy atom. The Morgan fingerprint density at radius 3 is 2.46 bits per heavy atom. The van der Waals surface area contributed by atoms with Crippen molar-refractivity contribution in [2.24, 2.45) is 0 Å². The first-order chi connectivity index (χ1) is 17.2. The van der Waals surface area contributed by atoms with Crippen molar-refractivity contribution in [2.45, 2.75) is 19.5 Å². The van der Waals surface area contributed by atoms with Crippen molar-refractivity contribution < 1.29 is 14.3 Å². The van der Waals surface area contributed by atoms with E-state index in [-0.39, 0.29) is 24.8 Å². The summed E-state index contributed by atoms with van der Waals surface area (Å²) in [6, 6.07) is 27.3. The topological polar surface area (TPSA) is 76.5 Å². The van der Waals surface area contributed by atoms with Crippen molar-refractivity contribution in [1.82, 2.24) is 15.1 Å². The lowest BCUT2D eigenvalue weighted by molar-refractivity contribution is -0.124. The van der Waals surface area contributed by atoms with Crippen molar-refractivity contribution in [2.75, 3.05) is 18.1 Å². The molecular weight excluding hydrogens is 440 g/mol. The molecule has 1 aliphatic heterocycles. The highest BCUT2D eigenvalue weighted by Crippen LogP contribution is 2.30. The molecule has 0 atom stereocenters. The zero-order valence-corrected chi connectivity index (χ0v) is 19.3. The second-order valence-corrected chi connectivity index (χ2v) is 8.37. The van der Waals surface area contributed by atoms with Crippen LogP contribution in [0, 0.1) is 0 Å². The number of amides is 2. The standard InChI is InChI=1S/C28H26N4O3/c33-26(20-32-24-13-7-8-14-25(24)35-16-15-27(32)34)29-17-23-19-31(18-21-9-3-1-4-10-21)30-28(23)22-11-5-2-6-12-22/h1-14,19H,15-18,20H2,(H,29,33). The monoisotopic (exact) mass is 466 g/mol. The number of nitrogens with one attached hydrogen (secondary N) is 1. The first kappa shape index (κ1) is 22.4. The highest BCUT2D eigenvalue weighted by molar-refractivity contribution is 6.00. The van der Waals surface area contributed by atoms with Crippen molar-refractivity contribution in [1.29, 1.82) is 0 Å². The summed E-state index contributed by atoms with van der Waals surface area (Å²) in [4.78, 5) is 27.1. The van der Waals surface area contributed by atoms with Crippen LogP contribution >= 0.6 is 0 Å². The first-order valence-electron chi connectivity index (χ1n) is 11.6. The zero-order valence-electron chi connectivity index (χ0n) is 19.3. The van der Waals surface area contributed by atoms with E-state index in [0.29, 0.717) is 31.1 Å². The van der Waals surface area contributed by atoms with Crippen LogP contribution in [0.4, 0.5) is 5.69 Å². The molecular formula is C28H26N4O3. The highest BCUT2D eigenvalue weighted by Gasteiger charge is 2.25. The fourth-order valence-corrected chi connectivity index (χ4v) is 4.17. The van der Waals surface area contributed by atoms with Gasteiger partial charge < -0.3 is 10.1 Å². The van der Waals surface area contributed by atoms with Gasteiger partial charge in [-0.3, -0.25) is 19.2 Å². The summed E-state index contributed by atoms with van der Waals surface area (Å²) in [6.07, 6.45) is 2.20. The van der Waals surface area contributed by atoms with Crippen LogP contribution in [0.2, 0.25) is 0 Å². The molecule has 7 nitrogen and oxygen atoms in total. The van der Waals surface area contributed by atoms with Gasteiger partial charge in [-0.15, -0.1) is 0 Å². The van der Waals surface area contributed by atoms with Gasteiger partial charge in [-0.25, -0.2) is 0 Å². The van der Waals surface area contributed by atoms with Crippen LogP contribution in [-0.4, -0.2) is 34.7 Å². The number of fused-ring (bicyclic) bond motifs is 1. The average molecular weight is 467 g/mol. The molecule has 3 aromatic carbocycles. The molecule has 0 radical (unpaired) electrons. The molecule has 2 heterocycles. The molecule has 1 aromatic heterocycles. The van der Waals surface area contributed by atoms with Gasteiger partial charge in [0.25, 0.3) is 0 Å². The van der Waals surface area contributed by atoms with Crippen LogP contribution in [0.25, 0.3) is 11.3 Å². The van der Waals surface area contributed by atoms with E-state index in [1.54, 1.807) is 6.07 Å². The van der Waals surface area contributed by atoms with Crippen LogP contribution in [0.15, 0.2) is 91.1 Å². The smallest absolute Gasteiger partial charge is 0.240 e. The van der Waals surface area contributed by atoms with Gasteiger partial charge >= 0.3 is 0 Å². The number of hydrogen-bond donors (Lipinski definition) is 1. The number of aromatic nitrogens is 2. The van der Waals surface area contributed by atoms with Gasteiger partial charge in [0.15, 0.2) is 0 Å². The van der Waals surface area contributed by atoms with E-state index in [0.717, 1.165) is 22.4 Å². The maximum Gasteiger partial charge on any atom is 0.240 e. The third-order valence-corrected chi connectivity index (χ3v) is 5.88. The molecule has 0 fully saturated rings. The Morgan fingerprint density at radius 1 is 0.943 bits per heavy atom. The highest BCUT2D eigenvalue weighted by atomic mass is 16.5. The SMILES string of the molecule is O=C(CN1C(=O)CCOc2ccccc21)NCc1cn(Cc2ccccc2)nc1-c1ccccc1. The molecule has 35 heavy (non-hydrogen) atoms. The molecule has 7 heteroatoms. The summed E-state index contributed by atoms with van der Waals surface area (Å²) >= 11 is 0. The fraction of sp³-hybridized carbons (Fsp3) is 0.179. The molecule has 4 aromatic rings. The van der Waals surface area contributed by atoms with Gasteiger partial charge in [-0.2, -0.15) is 5.10 Å². The quantitative estimate of drug-likeness (QED) is 0.446. The second kappa shape index (κ2) is 10.3. The summed E-state index contributed by atoms with van der Waals surface area (Å²) in [5.74, 6) is 0.232. The number of carbonyl (C=O) groups is 2. The van der Waals surface area contributed by atoms with E-state index in [2.05, 4.69) is 17.4 Å². The fourth-order valence-electron chi connectivity index (χ4n) is 4.17. The van der Waals surface area contributed by atoms with Gasteiger partial charge in [0.2, 0.25) is 11.8 Å². The molecule has 0 unspecified atom stereocenters. The van der Waals surface area contributed by atoms with E-state index >= 15 is 0 Å². The second-order valence-electron chi connectivity index (χ2n) is 8.37. The minimum absolute atomic E-state index is 0.0714. The largest absolute Gasteiger partial charge is 0.491 e. The predicted molar refractivity (Wildman–Crippen MR) is 134 cm³/mol. The van der Waals surface area contributed by atoms with Crippen LogP contribution in [0.5, 0.6) is 5.75 Å². The summed E-state index contributed by atoms with van der Waals surface area (Å²) < 4.78 is 7.56. The van der Waals surface area contributed by atoms with Gasteiger partial charge in [0, 0.05) is 23.9 Å². The van der Waals surface area contributed by atoms with E-state index in [9.17, 15) is 9.59 Å². The van der Waals surface area contributed by atoms with E-state index in [1.165, 1.54) is 4.90 Å². The summed E-state index contributed by atoms with van der Waals surface area (Å²) in [6.45, 7) is 1.17. The van der Waals surface area contributed by atoms with Crippen LogP contribution < -0.4 is 15.0 Å². The van der Waals surface area contributed by atoms with E-state index < -0.39 is 0 Å².